The maximum atomic E-state index is 10.9. The summed E-state index contributed by atoms with van der Waals surface area (Å²) in [5.41, 5.74) is 0.616. The van der Waals surface area contributed by atoms with Crippen LogP contribution in [0.1, 0.15) is 0 Å². The number of anilines is 1. The van der Waals surface area contributed by atoms with E-state index in [1.807, 2.05) is 0 Å². The van der Waals surface area contributed by atoms with E-state index in [0.29, 0.717) is 5.69 Å². The first kappa shape index (κ1) is 9.82. The molecule has 4 N–H and O–H groups in total. The van der Waals surface area contributed by atoms with Crippen molar-refractivity contribution in [2.24, 2.45) is 5.14 Å². The molecule has 0 spiro atoms. The minimum absolute atomic E-state index is 0.272. The first-order valence-corrected chi connectivity index (χ1v) is 5.03. The highest BCUT2D eigenvalue weighted by Crippen LogP contribution is 2.24. The van der Waals surface area contributed by atoms with Crippen molar-refractivity contribution in [1.82, 2.24) is 0 Å². The van der Waals surface area contributed by atoms with Gasteiger partial charge in [0.15, 0.2) is 0 Å². The van der Waals surface area contributed by atoms with Crippen LogP contribution in [0, 0.1) is 0 Å². The molecule has 0 unspecified atom stereocenters. The van der Waals surface area contributed by atoms with Crippen molar-refractivity contribution < 1.29 is 13.5 Å². The number of phenolic OH excluding ortho intramolecular Hbond substituents is 1. The number of primary sulfonamides is 1. The van der Waals surface area contributed by atoms with Crippen LogP contribution in [0.2, 0.25) is 0 Å². The Bertz CT molecular complexity index is 414. The highest BCUT2D eigenvalue weighted by atomic mass is 32.2. The van der Waals surface area contributed by atoms with E-state index < -0.39 is 10.0 Å². The molecule has 0 heterocycles. The summed E-state index contributed by atoms with van der Waals surface area (Å²) < 4.78 is 21.7. The third-order valence-electron chi connectivity index (χ3n) is 1.55. The van der Waals surface area contributed by atoms with E-state index >= 15 is 0 Å². The molecule has 0 saturated carbocycles. The Morgan fingerprint density at radius 3 is 2.46 bits per heavy atom. The highest BCUT2D eigenvalue weighted by Gasteiger charge is 2.13. The van der Waals surface area contributed by atoms with E-state index in [4.69, 9.17) is 5.14 Å². The Morgan fingerprint density at radius 2 is 2.08 bits per heavy atom. The molecule has 1 rings (SSSR count). The molecule has 0 atom stereocenters. The van der Waals surface area contributed by atoms with Gasteiger partial charge in [0.1, 0.15) is 10.6 Å². The predicted molar refractivity (Wildman–Crippen MR) is 49.0 cm³/mol. The quantitative estimate of drug-likeness (QED) is 0.633. The second-order valence-corrected chi connectivity index (χ2v) is 4.01. The number of phenols is 1. The maximum absolute atomic E-state index is 10.9. The van der Waals surface area contributed by atoms with Crippen LogP contribution in [0.3, 0.4) is 0 Å². The van der Waals surface area contributed by atoms with Crippen molar-refractivity contribution >= 4 is 15.7 Å². The first-order valence-electron chi connectivity index (χ1n) is 3.48. The van der Waals surface area contributed by atoms with Crippen molar-refractivity contribution in [2.45, 2.75) is 4.90 Å². The lowest BCUT2D eigenvalue weighted by atomic mass is 10.3. The zero-order valence-electron chi connectivity index (χ0n) is 6.98. The molecule has 0 amide bonds. The fourth-order valence-electron chi connectivity index (χ4n) is 0.913. The second kappa shape index (κ2) is 3.23. The molecule has 0 aliphatic heterocycles. The average Bonchev–Trinajstić information content (AvgIpc) is 2.01. The fourth-order valence-corrected chi connectivity index (χ4v) is 1.52. The van der Waals surface area contributed by atoms with Gasteiger partial charge in [-0.3, -0.25) is 0 Å². The normalized spacial score (nSPS) is 11.2. The van der Waals surface area contributed by atoms with E-state index in [-0.39, 0.29) is 10.6 Å². The number of benzene rings is 1. The lowest BCUT2D eigenvalue weighted by Crippen LogP contribution is -2.12. The Kier molecular flexibility index (Phi) is 2.44. The van der Waals surface area contributed by atoms with Crippen LogP contribution in [0.4, 0.5) is 5.69 Å². The minimum Gasteiger partial charge on any atom is -0.506 e. The SMILES string of the molecule is CNc1ccc(S(N)(=O)=O)c(O)c1. The van der Waals surface area contributed by atoms with Gasteiger partial charge in [-0.05, 0) is 12.1 Å². The summed E-state index contributed by atoms with van der Waals surface area (Å²) in [6.07, 6.45) is 0. The lowest BCUT2D eigenvalue weighted by molar-refractivity contribution is 0.459. The van der Waals surface area contributed by atoms with Crippen LogP contribution in [-0.2, 0) is 10.0 Å². The standard InChI is InChI=1S/C7H10N2O3S/c1-9-5-2-3-7(6(10)4-5)13(8,11)12/h2-4,9-10H,1H3,(H2,8,11,12). The molecule has 1 aromatic rings. The van der Waals surface area contributed by atoms with E-state index in [1.165, 1.54) is 18.2 Å². The Balaban J connectivity index is 3.29. The zero-order valence-corrected chi connectivity index (χ0v) is 7.80. The molecule has 0 fully saturated rings. The maximum Gasteiger partial charge on any atom is 0.241 e. The van der Waals surface area contributed by atoms with Gasteiger partial charge >= 0.3 is 0 Å². The van der Waals surface area contributed by atoms with Crippen LogP contribution >= 0.6 is 0 Å². The van der Waals surface area contributed by atoms with Crippen LogP contribution in [0.25, 0.3) is 0 Å². The molecule has 0 aromatic heterocycles. The number of rotatable bonds is 2. The molecule has 72 valence electrons. The molecule has 5 nitrogen and oxygen atoms in total. The monoisotopic (exact) mass is 202 g/mol. The molecule has 0 radical (unpaired) electrons. The summed E-state index contributed by atoms with van der Waals surface area (Å²) in [5.74, 6) is -0.352. The van der Waals surface area contributed by atoms with E-state index in [0.717, 1.165) is 0 Å². The van der Waals surface area contributed by atoms with E-state index in [9.17, 15) is 13.5 Å². The average molecular weight is 202 g/mol. The smallest absolute Gasteiger partial charge is 0.241 e. The van der Waals surface area contributed by atoms with Crippen LogP contribution in [0.5, 0.6) is 5.75 Å². The molecule has 0 aliphatic carbocycles. The summed E-state index contributed by atoms with van der Waals surface area (Å²) in [4.78, 5) is -0.272. The van der Waals surface area contributed by atoms with Crippen LogP contribution in [0.15, 0.2) is 23.1 Å². The van der Waals surface area contributed by atoms with Gasteiger partial charge in [0.2, 0.25) is 10.0 Å². The largest absolute Gasteiger partial charge is 0.506 e. The first-order chi connectivity index (χ1) is 5.95. The molecule has 6 heteroatoms. The number of nitrogens with two attached hydrogens (primary N) is 1. The van der Waals surface area contributed by atoms with Crippen molar-refractivity contribution in [2.75, 3.05) is 12.4 Å². The minimum atomic E-state index is -3.84. The molecule has 0 bridgehead atoms. The number of hydrogen-bond acceptors (Lipinski definition) is 4. The Labute approximate surface area is 76.2 Å². The van der Waals surface area contributed by atoms with Gasteiger partial charge in [-0.2, -0.15) is 0 Å². The molecular weight excluding hydrogens is 192 g/mol. The second-order valence-electron chi connectivity index (χ2n) is 2.48. The molecule has 0 aliphatic rings. The third-order valence-corrected chi connectivity index (χ3v) is 2.51. The van der Waals surface area contributed by atoms with Crippen LogP contribution < -0.4 is 10.5 Å². The van der Waals surface area contributed by atoms with Gasteiger partial charge < -0.3 is 10.4 Å². The summed E-state index contributed by atoms with van der Waals surface area (Å²) in [6, 6.07) is 4.05. The van der Waals surface area contributed by atoms with Crippen molar-refractivity contribution in [3.8, 4) is 5.75 Å². The van der Waals surface area contributed by atoms with Crippen molar-refractivity contribution in [3.05, 3.63) is 18.2 Å². The summed E-state index contributed by atoms with van der Waals surface area (Å²) >= 11 is 0. The molecule has 0 saturated heterocycles. The van der Waals surface area contributed by atoms with Gasteiger partial charge in [0.25, 0.3) is 0 Å². The predicted octanol–water partition coefficient (Wildman–Crippen LogP) is 0.0813. The highest BCUT2D eigenvalue weighted by molar-refractivity contribution is 7.89. The van der Waals surface area contributed by atoms with Gasteiger partial charge in [0.05, 0.1) is 0 Å². The topological polar surface area (TPSA) is 92.4 Å². The number of sulfonamides is 1. The number of aromatic hydroxyl groups is 1. The van der Waals surface area contributed by atoms with Gasteiger partial charge in [0, 0.05) is 18.8 Å². The number of nitrogens with one attached hydrogen (secondary N) is 1. The van der Waals surface area contributed by atoms with Crippen molar-refractivity contribution in [1.29, 1.82) is 0 Å². The van der Waals surface area contributed by atoms with Gasteiger partial charge in [-0.1, -0.05) is 0 Å². The third kappa shape index (κ3) is 2.10. The zero-order chi connectivity index (χ0) is 10.1. The van der Waals surface area contributed by atoms with Crippen molar-refractivity contribution in [3.63, 3.8) is 0 Å². The molecule has 1 aromatic carbocycles. The molecule has 13 heavy (non-hydrogen) atoms. The van der Waals surface area contributed by atoms with E-state index in [2.05, 4.69) is 5.32 Å². The van der Waals surface area contributed by atoms with E-state index in [1.54, 1.807) is 7.05 Å². The summed E-state index contributed by atoms with van der Waals surface area (Å²) in [5, 5.41) is 16.9. The Morgan fingerprint density at radius 1 is 1.46 bits per heavy atom. The fraction of sp³-hybridized carbons (Fsp3) is 0.143. The van der Waals surface area contributed by atoms with Gasteiger partial charge in [-0.15, -0.1) is 0 Å². The molecular formula is C7H10N2O3S. The number of hydrogen-bond donors (Lipinski definition) is 3. The van der Waals surface area contributed by atoms with Gasteiger partial charge in [-0.25, -0.2) is 13.6 Å². The lowest BCUT2D eigenvalue weighted by Gasteiger charge is -2.04. The Hall–Kier alpha value is -1.27. The summed E-state index contributed by atoms with van der Waals surface area (Å²) in [6.45, 7) is 0. The van der Waals surface area contributed by atoms with Crippen LogP contribution in [-0.4, -0.2) is 20.6 Å². The summed E-state index contributed by atoms with van der Waals surface area (Å²) in [7, 11) is -2.18.